The third-order valence-electron chi connectivity index (χ3n) is 4.98. The lowest BCUT2D eigenvalue weighted by Crippen LogP contribution is -2.39. The van der Waals surface area contributed by atoms with Crippen LogP contribution in [0.25, 0.3) is 0 Å². The summed E-state index contributed by atoms with van der Waals surface area (Å²) in [7, 11) is -3.41. The predicted octanol–water partition coefficient (Wildman–Crippen LogP) is 2.67. The fourth-order valence-electron chi connectivity index (χ4n) is 3.61. The van der Waals surface area contributed by atoms with Crippen LogP contribution < -0.4 is 0 Å². The first-order chi connectivity index (χ1) is 10.9. The van der Waals surface area contributed by atoms with Crippen LogP contribution >= 0.6 is 22.9 Å². The molecular weight excluding hydrogens is 356 g/mol. The Morgan fingerprint density at radius 1 is 1.17 bits per heavy atom. The second kappa shape index (κ2) is 6.70. The minimum atomic E-state index is -3.41. The number of hydrogen-bond donors (Lipinski definition) is 0. The molecule has 0 aliphatic carbocycles. The van der Waals surface area contributed by atoms with Crippen LogP contribution in [0.15, 0.2) is 16.3 Å². The zero-order chi connectivity index (χ0) is 16.6. The van der Waals surface area contributed by atoms with E-state index in [0.29, 0.717) is 33.5 Å². The minimum Gasteiger partial charge on any atom is -0.343 e. The van der Waals surface area contributed by atoms with Gasteiger partial charge in [-0.2, -0.15) is 4.31 Å². The predicted molar refractivity (Wildman–Crippen MR) is 91.2 cm³/mol. The summed E-state index contributed by atoms with van der Waals surface area (Å²) in [4.78, 5) is 13.3. The highest BCUT2D eigenvalue weighted by Gasteiger charge is 2.37. The third-order valence-corrected chi connectivity index (χ3v) is 8.55. The summed E-state index contributed by atoms with van der Waals surface area (Å²) in [6, 6.07) is 3.21. The molecule has 23 heavy (non-hydrogen) atoms. The molecule has 2 fully saturated rings. The van der Waals surface area contributed by atoms with Crippen LogP contribution in [0.1, 0.15) is 26.2 Å². The van der Waals surface area contributed by atoms with E-state index in [0.717, 1.165) is 43.7 Å². The SMILES string of the molecule is CC(=O)N1CCC(C2CCN(S(=O)(=O)c3ccc(Cl)s3)C2)CC1. The van der Waals surface area contributed by atoms with Crippen molar-refractivity contribution in [2.75, 3.05) is 26.2 Å². The second-order valence-corrected chi connectivity index (χ2v) is 10.2. The molecule has 5 nitrogen and oxygen atoms in total. The summed E-state index contributed by atoms with van der Waals surface area (Å²) in [5, 5.41) is 0. The first-order valence-electron chi connectivity index (χ1n) is 7.89. The van der Waals surface area contributed by atoms with Gasteiger partial charge >= 0.3 is 0 Å². The van der Waals surface area contributed by atoms with Crippen molar-refractivity contribution in [1.29, 1.82) is 0 Å². The molecule has 1 unspecified atom stereocenters. The Hall–Kier alpha value is -0.630. The van der Waals surface area contributed by atoms with Gasteiger partial charge in [0.25, 0.3) is 10.0 Å². The van der Waals surface area contributed by atoms with Crippen LogP contribution in [0.5, 0.6) is 0 Å². The van der Waals surface area contributed by atoms with Crippen LogP contribution in [-0.4, -0.2) is 49.7 Å². The molecule has 0 spiro atoms. The van der Waals surface area contributed by atoms with Crippen LogP contribution in [0.2, 0.25) is 4.34 Å². The van der Waals surface area contributed by atoms with Crippen molar-refractivity contribution in [1.82, 2.24) is 9.21 Å². The Kier molecular flexibility index (Phi) is 5.01. The fraction of sp³-hybridized carbons (Fsp3) is 0.667. The maximum absolute atomic E-state index is 12.6. The van der Waals surface area contributed by atoms with E-state index in [-0.39, 0.29) is 5.91 Å². The maximum atomic E-state index is 12.6. The van der Waals surface area contributed by atoms with Gasteiger partial charge in [0.2, 0.25) is 5.91 Å². The van der Waals surface area contributed by atoms with Gasteiger partial charge in [0.05, 0.1) is 4.34 Å². The van der Waals surface area contributed by atoms with Crippen LogP contribution in [0.4, 0.5) is 0 Å². The van der Waals surface area contributed by atoms with E-state index in [1.807, 2.05) is 4.90 Å². The van der Waals surface area contributed by atoms with Crippen LogP contribution in [-0.2, 0) is 14.8 Å². The molecule has 1 atom stereocenters. The number of amides is 1. The topological polar surface area (TPSA) is 57.7 Å². The molecule has 3 rings (SSSR count). The van der Waals surface area contributed by atoms with Crippen LogP contribution in [0, 0.1) is 11.8 Å². The average Bonchev–Trinajstić information content (AvgIpc) is 3.17. The average molecular weight is 377 g/mol. The summed E-state index contributed by atoms with van der Waals surface area (Å²) in [6.45, 7) is 4.36. The van der Waals surface area contributed by atoms with Crippen molar-refractivity contribution in [3.8, 4) is 0 Å². The second-order valence-electron chi connectivity index (χ2n) is 6.31. The highest BCUT2D eigenvalue weighted by Crippen LogP contribution is 2.36. The molecule has 0 aromatic carbocycles. The van der Waals surface area contributed by atoms with Crippen molar-refractivity contribution in [3.05, 3.63) is 16.5 Å². The van der Waals surface area contributed by atoms with Gasteiger partial charge in [0.1, 0.15) is 4.21 Å². The fourth-order valence-corrected chi connectivity index (χ4v) is 6.76. The monoisotopic (exact) mass is 376 g/mol. The number of halogens is 1. The highest BCUT2D eigenvalue weighted by molar-refractivity contribution is 7.91. The van der Waals surface area contributed by atoms with E-state index >= 15 is 0 Å². The maximum Gasteiger partial charge on any atom is 0.252 e. The Labute approximate surface area is 146 Å². The number of rotatable bonds is 3. The lowest BCUT2D eigenvalue weighted by molar-refractivity contribution is -0.130. The molecule has 1 amide bonds. The van der Waals surface area contributed by atoms with Crippen molar-refractivity contribution in [2.24, 2.45) is 11.8 Å². The van der Waals surface area contributed by atoms with Gasteiger partial charge in [0, 0.05) is 33.1 Å². The summed E-state index contributed by atoms with van der Waals surface area (Å²) >= 11 is 6.98. The van der Waals surface area contributed by atoms with Crippen molar-refractivity contribution in [2.45, 2.75) is 30.4 Å². The number of piperidine rings is 1. The van der Waals surface area contributed by atoms with E-state index in [1.165, 1.54) is 0 Å². The zero-order valence-electron chi connectivity index (χ0n) is 13.1. The Balaban J connectivity index is 1.62. The molecule has 8 heteroatoms. The lowest BCUT2D eigenvalue weighted by atomic mass is 9.84. The van der Waals surface area contributed by atoms with Crippen LogP contribution in [0.3, 0.4) is 0 Å². The number of likely N-dealkylation sites (tertiary alicyclic amines) is 1. The van der Waals surface area contributed by atoms with Gasteiger partial charge < -0.3 is 4.90 Å². The van der Waals surface area contributed by atoms with E-state index in [1.54, 1.807) is 23.4 Å². The number of nitrogens with zero attached hydrogens (tertiary/aromatic N) is 2. The molecular formula is C15H21ClN2O3S2. The number of thiophene rings is 1. The molecule has 1 aromatic rings. The summed E-state index contributed by atoms with van der Waals surface area (Å²) in [6.07, 6.45) is 2.86. The summed E-state index contributed by atoms with van der Waals surface area (Å²) in [5.74, 6) is 1.04. The van der Waals surface area contributed by atoms with Crippen molar-refractivity contribution >= 4 is 38.9 Å². The highest BCUT2D eigenvalue weighted by atomic mass is 35.5. The molecule has 0 bridgehead atoms. The van der Waals surface area contributed by atoms with Gasteiger partial charge in [-0.15, -0.1) is 11.3 Å². The third kappa shape index (κ3) is 3.57. The van der Waals surface area contributed by atoms with E-state index in [9.17, 15) is 13.2 Å². The molecule has 2 aliphatic heterocycles. The minimum absolute atomic E-state index is 0.133. The van der Waals surface area contributed by atoms with Crippen molar-refractivity contribution in [3.63, 3.8) is 0 Å². The van der Waals surface area contributed by atoms with Gasteiger partial charge in [-0.05, 0) is 43.2 Å². The number of hydrogen-bond acceptors (Lipinski definition) is 4. The molecule has 0 saturated carbocycles. The Morgan fingerprint density at radius 2 is 1.83 bits per heavy atom. The van der Waals surface area contributed by atoms with E-state index in [2.05, 4.69) is 0 Å². The quantitative estimate of drug-likeness (QED) is 0.814. The molecule has 1 aromatic heterocycles. The standard InChI is InChI=1S/C15H21ClN2O3S2/c1-11(19)17-7-4-12(5-8-17)13-6-9-18(10-13)23(20,21)15-3-2-14(16)22-15/h2-3,12-13H,4-10H2,1H3. The zero-order valence-corrected chi connectivity index (χ0v) is 15.5. The molecule has 3 heterocycles. The number of carbonyl (C=O) groups excluding carboxylic acids is 1. The Morgan fingerprint density at radius 3 is 2.39 bits per heavy atom. The first-order valence-corrected chi connectivity index (χ1v) is 10.5. The normalized spacial score (nSPS) is 24.3. The van der Waals surface area contributed by atoms with Gasteiger partial charge in [-0.1, -0.05) is 11.6 Å². The molecule has 2 aliphatic rings. The largest absolute Gasteiger partial charge is 0.343 e. The van der Waals surface area contributed by atoms with Gasteiger partial charge in [0.15, 0.2) is 0 Å². The summed E-state index contributed by atoms with van der Waals surface area (Å²) in [5.41, 5.74) is 0. The Bertz CT molecular complexity index is 681. The van der Waals surface area contributed by atoms with Crippen molar-refractivity contribution < 1.29 is 13.2 Å². The van der Waals surface area contributed by atoms with E-state index < -0.39 is 10.0 Å². The number of sulfonamides is 1. The lowest BCUT2D eigenvalue weighted by Gasteiger charge is -2.34. The van der Waals surface area contributed by atoms with Gasteiger partial charge in [-0.3, -0.25) is 4.79 Å². The smallest absolute Gasteiger partial charge is 0.252 e. The molecule has 0 radical (unpaired) electrons. The molecule has 0 N–H and O–H groups in total. The molecule has 128 valence electrons. The van der Waals surface area contributed by atoms with E-state index in [4.69, 9.17) is 11.6 Å². The molecule has 2 saturated heterocycles. The summed E-state index contributed by atoms with van der Waals surface area (Å²) < 4.78 is 27.7. The first kappa shape index (κ1) is 17.2. The van der Waals surface area contributed by atoms with Gasteiger partial charge in [-0.25, -0.2) is 8.42 Å². The number of carbonyl (C=O) groups is 1.